The van der Waals surface area contributed by atoms with Gasteiger partial charge in [-0.05, 0) is 40.0 Å². The van der Waals surface area contributed by atoms with E-state index >= 15 is 0 Å². The van der Waals surface area contributed by atoms with E-state index in [2.05, 4.69) is 16.8 Å². The fraction of sp³-hybridized carbons (Fsp3) is 0.900. The van der Waals surface area contributed by atoms with Gasteiger partial charge in [-0.25, -0.2) is 0 Å². The van der Waals surface area contributed by atoms with Crippen LogP contribution in [0, 0.1) is 5.92 Å². The minimum atomic E-state index is -0.683. The molecule has 0 radical (unpaired) electrons. The first-order chi connectivity index (χ1) is 6.50. The molecular formula is C10H20N2O2. The van der Waals surface area contributed by atoms with E-state index < -0.39 is 5.97 Å². The lowest BCUT2D eigenvalue weighted by atomic mass is 9.89. The molecule has 14 heavy (non-hydrogen) atoms. The Labute approximate surface area is 85.5 Å². The van der Waals surface area contributed by atoms with E-state index in [4.69, 9.17) is 5.11 Å². The number of carboxylic acid groups (broad SMARTS) is 1. The van der Waals surface area contributed by atoms with Crippen molar-refractivity contribution in [1.29, 1.82) is 0 Å². The Balaban J connectivity index is 2.58. The van der Waals surface area contributed by atoms with Gasteiger partial charge in [0.2, 0.25) is 0 Å². The van der Waals surface area contributed by atoms with Gasteiger partial charge >= 0.3 is 5.97 Å². The molecule has 1 aliphatic rings. The zero-order chi connectivity index (χ0) is 10.7. The van der Waals surface area contributed by atoms with Crippen LogP contribution in [0.3, 0.4) is 0 Å². The highest BCUT2D eigenvalue weighted by Gasteiger charge is 2.30. The monoisotopic (exact) mass is 200 g/mol. The Kier molecular flexibility index (Phi) is 3.89. The zero-order valence-corrected chi connectivity index (χ0v) is 9.23. The fourth-order valence-electron chi connectivity index (χ4n) is 2.31. The van der Waals surface area contributed by atoms with Gasteiger partial charge in [-0.15, -0.1) is 0 Å². The smallest absolute Gasteiger partial charge is 0.303 e. The Morgan fingerprint density at radius 3 is 2.71 bits per heavy atom. The SMILES string of the molecule is CN1CCC(N(C)C)C(CC(=O)O)C1. The Bertz CT molecular complexity index is 206. The second kappa shape index (κ2) is 4.75. The summed E-state index contributed by atoms with van der Waals surface area (Å²) >= 11 is 0. The van der Waals surface area contributed by atoms with Crippen molar-refractivity contribution in [2.75, 3.05) is 34.2 Å². The molecule has 4 nitrogen and oxygen atoms in total. The van der Waals surface area contributed by atoms with E-state index in [9.17, 15) is 4.79 Å². The lowest BCUT2D eigenvalue weighted by Gasteiger charge is -2.39. The lowest BCUT2D eigenvalue weighted by Crippen LogP contribution is -2.48. The second-order valence-electron chi connectivity index (χ2n) is 4.44. The predicted molar refractivity (Wildman–Crippen MR) is 55.3 cm³/mol. The van der Waals surface area contributed by atoms with Crippen LogP contribution >= 0.6 is 0 Å². The number of likely N-dealkylation sites (tertiary alicyclic amines) is 1. The largest absolute Gasteiger partial charge is 0.481 e. The summed E-state index contributed by atoms with van der Waals surface area (Å²) in [4.78, 5) is 15.1. The molecule has 0 bridgehead atoms. The summed E-state index contributed by atoms with van der Waals surface area (Å²) in [5.41, 5.74) is 0. The number of piperidine rings is 1. The first kappa shape index (κ1) is 11.5. The fourth-order valence-corrected chi connectivity index (χ4v) is 2.31. The van der Waals surface area contributed by atoms with E-state index in [1.807, 2.05) is 14.1 Å². The maximum absolute atomic E-state index is 10.7. The number of hydrogen-bond acceptors (Lipinski definition) is 3. The quantitative estimate of drug-likeness (QED) is 0.713. The lowest BCUT2D eigenvalue weighted by molar-refractivity contribution is -0.139. The first-order valence-corrected chi connectivity index (χ1v) is 5.07. The van der Waals surface area contributed by atoms with Gasteiger partial charge in [-0.1, -0.05) is 0 Å². The molecule has 0 amide bonds. The molecular weight excluding hydrogens is 180 g/mol. The van der Waals surface area contributed by atoms with Crippen LogP contribution in [0.25, 0.3) is 0 Å². The molecule has 4 heteroatoms. The Morgan fingerprint density at radius 2 is 2.21 bits per heavy atom. The van der Waals surface area contributed by atoms with E-state index in [1.54, 1.807) is 0 Å². The summed E-state index contributed by atoms with van der Waals surface area (Å²) < 4.78 is 0. The van der Waals surface area contributed by atoms with Crippen molar-refractivity contribution < 1.29 is 9.90 Å². The highest BCUT2D eigenvalue weighted by molar-refractivity contribution is 5.67. The molecule has 0 aromatic heterocycles. The summed E-state index contributed by atoms with van der Waals surface area (Å²) in [6.45, 7) is 1.97. The average molecular weight is 200 g/mol. The minimum Gasteiger partial charge on any atom is -0.481 e. The molecule has 0 saturated carbocycles. The highest BCUT2D eigenvalue weighted by atomic mass is 16.4. The van der Waals surface area contributed by atoms with Crippen LogP contribution in [0.2, 0.25) is 0 Å². The maximum Gasteiger partial charge on any atom is 0.303 e. The summed E-state index contributed by atoms with van der Waals surface area (Å²) in [7, 11) is 6.12. The maximum atomic E-state index is 10.7. The number of nitrogens with zero attached hydrogens (tertiary/aromatic N) is 2. The molecule has 1 fully saturated rings. The van der Waals surface area contributed by atoms with E-state index in [0.717, 1.165) is 19.5 Å². The molecule has 1 heterocycles. The van der Waals surface area contributed by atoms with Gasteiger partial charge in [0.15, 0.2) is 0 Å². The molecule has 1 saturated heterocycles. The minimum absolute atomic E-state index is 0.265. The molecule has 82 valence electrons. The van der Waals surface area contributed by atoms with Crippen LogP contribution in [-0.2, 0) is 4.79 Å². The first-order valence-electron chi connectivity index (χ1n) is 5.07. The zero-order valence-electron chi connectivity index (χ0n) is 9.23. The number of carbonyl (C=O) groups is 1. The number of hydrogen-bond donors (Lipinski definition) is 1. The van der Waals surface area contributed by atoms with Gasteiger partial charge in [-0.3, -0.25) is 4.79 Å². The third-order valence-corrected chi connectivity index (χ3v) is 3.00. The van der Waals surface area contributed by atoms with Crippen molar-refractivity contribution in [3.8, 4) is 0 Å². The Hall–Kier alpha value is -0.610. The average Bonchev–Trinajstić information content (AvgIpc) is 2.01. The molecule has 2 atom stereocenters. The summed E-state index contributed by atoms with van der Waals surface area (Å²) in [5.74, 6) is -0.418. The number of aliphatic carboxylic acids is 1. The molecule has 0 spiro atoms. The van der Waals surface area contributed by atoms with Gasteiger partial charge in [0, 0.05) is 12.6 Å². The summed E-state index contributed by atoms with van der Waals surface area (Å²) in [5, 5.41) is 8.81. The van der Waals surface area contributed by atoms with Crippen LogP contribution in [0.5, 0.6) is 0 Å². The van der Waals surface area contributed by atoms with Crippen molar-refractivity contribution >= 4 is 5.97 Å². The number of carboxylic acids is 1. The normalized spacial score (nSPS) is 29.4. The van der Waals surface area contributed by atoms with Crippen LogP contribution in [-0.4, -0.2) is 61.2 Å². The summed E-state index contributed by atoms with van der Waals surface area (Å²) in [6, 6.07) is 0.419. The highest BCUT2D eigenvalue weighted by Crippen LogP contribution is 2.22. The summed E-state index contributed by atoms with van der Waals surface area (Å²) in [6.07, 6.45) is 1.36. The van der Waals surface area contributed by atoms with Crippen molar-refractivity contribution in [1.82, 2.24) is 9.80 Å². The van der Waals surface area contributed by atoms with E-state index in [-0.39, 0.29) is 12.3 Å². The van der Waals surface area contributed by atoms with Gasteiger partial charge in [-0.2, -0.15) is 0 Å². The molecule has 0 aromatic rings. The van der Waals surface area contributed by atoms with Crippen molar-refractivity contribution in [3.63, 3.8) is 0 Å². The van der Waals surface area contributed by atoms with Crippen molar-refractivity contribution in [3.05, 3.63) is 0 Å². The van der Waals surface area contributed by atoms with Crippen LogP contribution < -0.4 is 0 Å². The molecule has 0 aliphatic carbocycles. The van der Waals surface area contributed by atoms with Crippen LogP contribution in [0.15, 0.2) is 0 Å². The van der Waals surface area contributed by atoms with Gasteiger partial charge < -0.3 is 14.9 Å². The third-order valence-electron chi connectivity index (χ3n) is 3.00. The Morgan fingerprint density at radius 1 is 1.57 bits per heavy atom. The van der Waals surface area contributed by atoms with Gasteiger partial charge in [0.25, 0.3) is 0 Å². The van der Waals surface area contributed by atoms with Gasteiger partial charge in [0.1, 0.15) is 0 Å². The third kappa shape index (κ3) is 2.96. The van der Waals surface area contributed by atoms with Crippen LogP contribution in [0.4, 0.5) is 0 Å². The molecule has 0 aromatic carbocycles. The molecule has 1 rings (SSSR count). The standard InChI is InChI=1S/C10H20N2O2/c1-11(2)9-4-5-12(3)7-8(9)6-10(13)14/h8-9H,4-7H2,1-3H3,(H,13,14). The number of rotatable bonds is 3. The van der Waals surface area contributed by atoms with E-state index in [0.29, 0.717) is 6.04 Å². The molecule has 1 aliphatic heterocycles. The molecule has 2 unspecified atom stereocenters. The van der Waals surface area contributed by atoms with Gasteiger partial charge in [0.05, 0.1) is 6.42 Å². The second-order valence-corrected chi connectivity index (χ2v) is 4.44. The molecule has 1 N–H and O–H groups in total. The van der Waals surface area contributed by atoms with Crippen LogP contribution in [0.1, 0.15) is 12.8 Å². The predicted octanol–water partition coefficient (Wildman–Crippen LogP) is 0.343. The van der Waals surface area contributed by atoms with E-state index in [1.165, 1.54) is 0 Å². The van der Waals surface area contributed by atoms with Crippen molar-refractivity contribution in [2.45, 2.75) is 18.9 Å². The van der Waals surface area contributed by atoms with Crippen molar-refractivity contribution in [2.24, 2.45) is 5.92 Å². The topological polar surface area (TPSA) is 43.8 Å².